The van der Waals surface area contributed by atoms with Crippen molar-refractivity contribution in [2.24, 2.45) is 0 Å². The number of aldehydes is 1. The fourth-order valence-electron chi connectivity index (χ4n) is 2.13. The number of benzene rings is 2. The van der Waals surface area contributed by atoms with Crippen molar-refractivity contribution in [1.29, 1.82) is 0 Å². The third-order valence-electron chi connectivity index (χ3n) is 3.35. The highest BCUT2D eigenvalue weighted by Gasteiger charge is 2.08. The van der Waals surface area contributed by atoms with Crippen LogP contribution in [0.5, 0.6) is 0 Å². The van der Waals surface area contributed by atoms with Crippen LogP contribution in [0.3, 0.4) is 0 Å². The van der Waals surface area contributed by atoms with Gasteiger partial charge in [0.15, 0.2) is 6.29 Å². The van der Waals surface area contributed by atoms with Crippen LogP contribution in [0.2, 0.25) is 0 Å². The van der Waals surface area contributed by atoms with E-state index >= 15 is 0 Å². The molecule has 4 N–H and O–H groups in total. The Morgan fingerprint density at radius 3 is 2.08 bits per heavy atom. The molecule has 0 bridgehead atoms. The summed E-state index contributed by atoms with van der Waals surface area (Å²) >= 11 is 0. The summed E-state index contributed by atoms with van der Waals surface area (Å²) in [6, 6.07) is 9.55. The predicted molar refractivity (Wildman–Crippen MR) is 90.3 cm³/mol. The topological polar surface area (TPSA) is 80.8 Å². The molecule has 3 aromatic rings. The molecule has 0 fully saturated rings. The van der Waals surface area contributed by atoms with Gasteiger partial charge in [-0.25, -0.2) is 13.8 Å². The van der Waals surface area contributed by atoms with Crippen molar-refractivity contribution >= 4 is 6.29 Å². The van der Waals surface area contributed by atoms with Crippen LogP contribution in [0.4, 0.5) is 8.78 Å². The van der Waals surface area contributed by atoms with E-state index in [9.17, 15) is 13.6 Å². The van der Waals surface area contributed by atoms with Crippen LogP contribution in [0.25, 0.3) is 11.4 Å². The van der Waals surface area contributed by atoms with Crippen LogP contribution in [0.1, 0.15) is 21.5 Å². The molecule has 0 spiro atoms. The second-order valence-electron chi connectivity index (χ2n) is 4.96. The number of aromatic amines is 1. The number of rotatable bonds is 2. The van der Waals surface area contributed by atoms with Gasteiger partial charge in [0.2, 0.25) is 0 Å². The molecule has 0 aliphatic heterocycles. The van der Waals surface area contributed by atoms with Crippen LogP contribution < -0.4 is 6.15 Å². The lowest BCUT2D eigenvalue weighted by molar-refractivity contribution is 0.111. The van der Waals surface area contributed by atoms with Gasteiger partial charge in [0.05, 0.1) is 11.1 Å². The van der Waals surface area contributed by atoms with Crippen LogP contribution in [-0.2, 0) is 0 Å². The van der Waals surface area contributed by atoms with E-state index in [4.69, 9.17) is 0 Å². The van der Waals surface area contributed by atoms with E-state index in [-0.39, 0.29) is 17.5 Å². The largest absolute Gasteiger partial charge is 0.345 e. The van der Waals surface area contributed by atoms with Crippen LogP contribution in [-0.4, -0.2) is 16.3 Å². The van der Waals surface area contributed by atoms with Crippen molar-refractivity contribution < 1.29 is 13.6 Å². The first-order chi connectivity index (χ1) is 11.0. The van der Waals surface area contributed by atoms with Gasteiger partial charge in [-0.1, -0.05) is 24.3 Å². The lowest BCUT2D eigenvalue weighted by Gasteiger charge is -2.02. The fourth-order valence-corrected chi connectivity index (χ4v) is 2.13. The Balaban J connectivity index is 0.000000238. The summed E-state index contributed by atoms with van der Waals surface area (Å²) in [5.41, 5.74) is 2.26. The molecule has 4 nitrogen and oxygen atoms in total. The van der Waals surface area contributed by atoms with Crippen LogP contribution >= 0.6 is 0 Å². The highest BCUT2D eigenvalue weighted by Crippen LogP contribution is 2.22. The van der Waals surface area contributed by atoms with E-state index in [1.807, 2.05) is 13.0 Å². The maximum absolute atomic E-state index is 13.4. The predicted octanol–water partition coefficient (Wildman–Crippen LogP) is 4.63. The van der Waals surface area contributed by atoms with E-state index in [2.05, 4.69) is 9.97 Å². The Kier molecular flexibility index (Phi) is 6.95. The Labute approximate surface area is 139 Å². The molecule has 1 heterocycles. The number of nitrogens with zero attached hydrogens (tertiary/aromatic N) is 1. The highest BCUT2D eigenvalue weighted by molar-refractivity contribution is 5.77. The number of halogens is 2. The normalized spacial score (nSPS) is 9.50. The molecule has 0 atom stereocenters. The number of aryl methyl sites for hydroxylation is 2. The molecule has 3 rings (SSSR count). The minimum absolute atomic E-state index is 0. The molecular weight excluding hydrogens is 312 g/mol. The Hall–Kier alpha value is -2.86. The number of hydrogen-bond donors (Lipinski definition) is 2. The van der Waals surface area contributed by atoms with Gasteiger partial charge in [-0.2, -0.15) is 0 Å². The van der Waals surface area contributed by atoms with Gasteiger partial charge < -0.3 is 11.1 Å². The fraction of sp³-hybridized carbons (Fsp3) is 0.111. The zero-order chi connectivity index (χ0) is 16.8. The Morgan fingerprint density at radius 2 is 1.62 bits per heavy atom. The van der Waals surface area contributed by atoms with Gasteiger partial charge in [-0.3, -0.25) is 4.79 Å². The summed E-state index contributed by atoms with van der Waals surface area (Å²) in [5, 5.41) is 0. The van der Waals surface area contributed by atoms with Gasteiger partial charge in [0.1, 0.15) is 17.5 Å². The Morgan fingerprint density at radius 1 is 1.00 bits per heavy atom. The number of hydrogen-bond acceptors (Lipinski definition) is 3. The highest BCUT2D eigenvalue weighted by atomic mass is 19.1. The summed E-state index contributed by atoms with van der Waals surface area (Å²) in [6.07, 6.45) is 3.83. The first-order valence-corrected chi connectivity index (χ1v) is 6.99. The molecule has 0 saturated carbocycles. The van der Waals surface area contributed by atoms with E-state index in [1.165, 1.54) is 12.1 Å². The molecular formula is C18H19F2N3O. The van der Waals surface area contributed by atoms with E-state index < -0.39 is 5.82 Å². The van der Waals surface area contributed by atoms with E-state index in [0.29, 0.717) is 23.2 Å². The molecule has 0 aliphatic carbocycles. The zero-order valence-electron chi connectivity index (χ0n) is 13.5. The zero-order valence-corrected chi connectivity index (χ0v) is 13.5. The second kappa shape index (κ2) is 8.69. The number of aromatic nitrogens is 2. The van der Waals surface area contributed by atoms with Crippen molar-refractivity contribution in [1.82, 2.24) is 16.1 Å². The van der Waals surface area contributed by atoms with Gasteiger partial charge in [0, 0.05) is 12.4 Å². The van der Waals surface area contributed by atoms with Crippen LogP contribution in [0, 0.1) is 25.5 Å². The second-order valence-corrected chi connectivity index (χ2v) is 4.96. The molecule has 24 heavy (non-hydrogen) atoms. The van der Waals surface area contributed by atoms with Crippen molar-refractivity contribution in [3.63, 3.8) is 0 Å². The average molecular weight is 331 g/mol. The molecule has 0 unspecified atom stereocenters. The molecule has 126 valence electrons. The lowest BCUT2D eigenvalue weighted by Crippen LogP contribution is -1.90. The van der Waals surface area contributed by atoms with Crippen molar-refractivity contribution in [3.8, 4) is 11.4 Å². The maximum Gasteiger partial charge on any atom is 0.153 e. The summed E-state index contributed by atoms with van der Waals surface area (Å²) in [5.74, 6) is -0.111. The minimum atomic E-state index is -0.449. The first kappa shape index (κ1) is 19.2. The average Bonchev–Trinajstić information content (AvgIpc) is 3.02. The summed E-state index contributed by atoms with van der Waals surface area (Å²) in [6.45, 7) is 3.56. The Bertz CT molecular complexity index is 762. The standard InChI is InChI=1S/C10H9FN2.C8H7FO.H3N/c1-7-3-2-4-8(11)9(7)10-12-5-6-13-10;1-6-3-2-4-8(9)7(6)5-10;/h2-6H,1H3,(H,12,13);2-5H,1H3;1H3. The van der Waals surface area contributed by atoms with Gasteiger partial charge >= 0.3 is 0 Å². The number of imidazole rings is 1. The maximum atomic E-state index is 13.4. The number of H-pyrrole nitrogens is 1. The first-order valence-electron chi connectivity index (χ1n) is 6.99. The number of carbonyl (C=O) groups is 1. The number of carbonyl (C=O) groups excluding carboxylic acids is 1. The van der Waals surface area contributed by atoms with Gasteiger partial charge in [-0.15, -0.1) is 0 Å². The molecule has 6 heteroatoms. The van der Waals surface area contributed by atoms with Crippen molar-refractivity contribution in [3.05, 3.63) is 77.1 Å². The van der Waals surface area contributed by atoms with E-state index in [1.54, 1.807) is 37.5 Å². The summed E-state index contributed by atoms with van der Waals surface area (Å²) in [7, 11) is 0. The van der Waals surface area contributed by atoms with Gasteiger partial charge in [0.25, 0.3) is 0 Å². The molecule has 0 aliphatic rings. The summed E-state index contributed by atoms with van der Waals surface area (Å²) < 4.78 is 26.0. The third kappa shape index (κ3) is 4.33. The lowest BCUT2D eigenvalue weighted by atomic mass is 10.1. The third-order valence-corrected chi connectivity index (χ3v) is 3.35. The monoisotopic (exact) mass is 331 g/mol. The quantitative estimate of drug-likeness (QED) is 0.672. The molecule has 0 amide bonds. The molecule has 1 aromatic heterocycles. The van der Waals surface area contributed by atoms with Gasteiger partial charge in [-0.05, 0) is 37.1 Å². The van der Waals surface area contributed by atoms with E-state index in [0.717, 1.165) is 5.56 Å². The molecule has 0 saturated heterocycles. The van der Waals surface area contributed by atoms with Crippen LogP contribution in [0.15, 0.2) is 48.8 Å². The minimum Gasteiger partial charge on any atom is -0.345 e. The number of nitrogens with one attached hydrogen (secondary N) is 1. The van der Waals surface area contributed by atoms with Crippen molar-refractivity contribution in [2.75, 3.05) is 0 Å². The molecule has 2 aromatic carbocycles. The summed E-state index contributed by atoms with van der Waals surface area (Å²) in [4.78, 5) is 17.1. The SMILES string of the molecule is Cc1cccc(F)c1-c1ncc[nH]1.Cc1cccc(F)c1C=O.N. The smallest absolute Gasteiger partial charge is 0.153 e. The molecule has 0 radical (unpaired) electrons. The van der Waals surface area contributed by atoms with Crippen molar-refractivity contribution in [2.45, 2.75) is 13.8 Å².